The summed E-state index contributed by atoms with van der Waals surface area (Å²) in [7, 11) is -4.34. The number of benzene rings is 2. The molecular formula is C22H20F2N6O3S. The molecule has 0 saturated heterocycles. The monoisotopic (exact) mass is 486 g/mol. The van der Waals surface area contributed by atoms with Gasteiger partial charge >= 0.3 is 0 Å². The van der Waals surface area contributed by atoms with Gasteiger partial charge in [-0.2, -0.15) is 0 Å². The summed E-state index contributed by atoms with van der Waals surface area (Å²) in [4.78, 5) is 7.93. The van der Waals surface area contributed by atoms with E-state index < -0.39 is 44.6 Å². The van der Waals surface area contributed by atoms with Gasteiger partial charge < -0.3 is 5.11 Å². The summed E-state index contributed by atoms with van der Waals surface area (Å²) in [6.45, 7) is 3.00. The van der Waals surface area contributed by atoms with E-state index >= 15 is 0 Å². The van der Waals surface area contributed by atoms with Crippen molar-refractivity contribution in [2.45, 2.75) is 25.2 Å². The van der Waals surface area contributed by atoms with Crippen LogP contribution >= 0.6 is 0 Å². The number of anilines is 1. The lowest BCUT2D eigenvalue weighted by molar-refractivity contribution is 0.166. The lowest BCUT2D eigenvalue weighted by Gasteiger charge is -2.19. The molecule has 4 rings (SSSR count). The van der Waals surface area contributed by atoms with Gasteiger partial charge in [0, 0.05) is 18.0 Å². The topological polar surface area (TPSA) is 123 Å². The second kappa shape index (κ2) is 9.23. The first kappa shape index (κ1) is 23.4. The van der Waals surface area contributed by atoms with Gasteiger partial charge in [0.2, 0.25) is 16.0 Å². The molecule has 0 amide bonds. The zero-order valence-electron chi connectivity index (χ0n) is 18.1. The molecule has 2 atom stereocenters. The van der Waals surface area contributed by atoms with Crippen molar-refractivity contribution in [2.75, 3.05) is 4.72 Å². The quantitative estimate of drug-likeness (QED) is 0.411. The Hall–Kier alpha value is -3.77. The number of hydrogen-bond acceptors (Lipinski definition) is 7. The van der Waals surface area contributed by atoms with Crippen molar-refractivity contribution in [3.8, 4) is 17.1 Å². The number of aliphatic hydroxyl groups excluding tert-OH is 1. The Morgan fingerprint density at radius 2 is 1.59 bits per heavy atom. The van der Waals surface area contributed by atoms with Crippen LogP contribution in [0.3, 0.4) is 0 Å². The molecule has 0 aliphatic carbocycles. The second-order valence-corrected chi connectivity index (χ2v) is 9.57. The molecule has 2 aromatic carbocycles. The van der Waals surface area contributed by atoms with Gasteiger partial charge in [-0.1, -0.05) is 36.4 Å². The molecule has 0 unspecified atom stereocenters. The Kier molecular flexibility index (Phi) is 6.35. The first-order valence-electron chi connectivity index (χ1n) is 10.1. The van der Waals surface area contributed by atoms with Gasteiger partial charge in [0.05, 0.1) is 0 Å². The van der Waals surface area contributed by atoms with E-state index in [0.29, 0.717) is 5.56 Å². The van der Waals surface area contributed by atoms with Gasteiger partial charge in [-0.25, -0.2) is 27.2 Å². The van der Waals surface area contributed by atoms with Gasteiger partial charge in [-0.15, -0.1) is 10.2 Å². The van der Waals surface area contributed by atoms with E-state index in [1.165, 1.54) is 25.4 Å². The highest BCUT2D eigenvalue weighted by Crippen LogP contribution is 2.30. The second-order valence-electron chi connectivity index (χ2n) is 7.53. The molecule has 4 aromatic rings. The minimum atomic E-state index is -4.34. The van der Waals surface area contributed by atoms with Crippen LogP contribution in [-0.2, 0) is 10.0 Å². The van der Waals surface area contributed by atoms with E-state index in [0.717, 1.165) is 22.3 Å². The predicted octanol–water partition coefficient (Wildman–Crippen LogP) is 3.17. The average molecular weight is 487 g/mol. The smallest absolute Gasteiger partial charge is 0.243 e. The highest BCUT2D eigenvalue weighted by Gasteiger charge is 2.33. The summed E-state index contributed by atoms with van der Waals surface area (Å²) in [6, 6.07) is 11.7. The van der Waals surface area contributed by atoms with Crippen LogP contribution in [0, 0.1) is 18.6 Å². The highest BCUT2D eigenvalue weighted by molar-refractivity contribution is 7.93. The van der Waals surface area contributed by atoms with Crippen LogP contribution in [0.1, 0.15) is 24.4 Å². The fraction of sp³-hybridized carbons (Fsp3) is 0.182. The van der Waals surface area contributed by atoms with Gasteiger partial charge in [0.25, 0.3) is 0 Å². The third-order valence-corrected chi connectivity index (χ3v) is 6.79. The molecule has 9 nitrogen and oxygen atoms in total. The fourth-order valence-electron chi connectivity index (χ4n) is 3.19. The van der Waals surface area contributed by atoms with Gasteiger partial charge in [0.1, 0.15) is 28.7 Å². The van der Waals surface area contributed by atoms with Crippen molar-refractivity contribution in [1.82, 2.24) is 24.7 Å². The number of rotatable bonds is 7. The molecule has 2 aromatic heterocycles. The van der Waals surface area contributed by atoms with Crippen molar-refractivity contribution in [3.05, 3.63) is 83.9 Å². The molecule has 0 aliphatic heterocycles. The van der Waals surface area contributed by atoms with Crippen LogP contribution in [-0.4, -0.2) is 43.5 Å². The molecule has 176 valence electrons. The maximum atomic E-state index is 14.7. The third kappa shape index (κ3) is 4.50. The Labute approximate surface area is 194 Å². The summed E-state index contributed by atoms with van der Waals surface area (Å²) < 4.78 is 58.7. The van der Waals surface area contributed by atoms with Gasteiger partial charge in [-0.3, -0.25) is 9.29 Å². The van der Waals surface area contributed by atoms with Crippen LogP contribution in [0.4, 0.5) is 14.7 Å². The van der Waals surface area contributed by atoms with E-state index in [9.17, 15) is 22.3 Å². The van der Waals surface area contributed by atoms with E-state index in [1.54, 1.807) is 37.3 Å². The highest BCUT2D eigenvalue weighted by atomic mass is 32.2. The summed E-state index contributed by atoms with van der Waals surface area (Å²) in [5.74, 6) is -2.42. The molecule has 0 bridgehead atoms. The maximum absolute atomic E-state index is 14.7. The summed E-state index contributed by atoms with van der Waals surface area (Å²) in [5, 5.41) is 16.9. The fourth-order valence-corrected chi connectivity index (χ4v) is 4.23. The Bertz CT molecular complexity index is 1390. The Morgan fingerprint density at radius 3 is 2.21 bits per heavy atom. The molecule has 12 heteroatoms. The average Bonchev–Trinajstić information content (AvgIpc) is 3.21. The first-order chi connectivity index (χ1) is 16.2. The minimum Gasteiger partial charge on any atom is -0.384 e. The number of aliphatic hydroxyl groups is 1. The number of nitrogens with zero attached hydrogens (tertiary/aromatic N) is 5. The molecule has 34 heavy (non-hydrogen) atoms. The predicted molar refractivity (Wildman–Crippen MR) is 120 cm³/mol. The number of hydrogen-bond donors (Lipinski definition) is 2. The maximum Gasteiger partial charge on any atom is 0.243 e. The largest absolute Gasteiger partial charge is 0.384 e. The molecule has 0 radical (unpaired) electrons. The first-order valence-corrected chi connectivity index (χ1v) is 11.7. The van der Waals surface area contributed by atoms with Crippen LogP contribution in [0.15, 0.2) is 60.9 Å². The normalized spacial score (nSPS) is 13.4. The molecule has 0 saturated carbocycles. The van der Waals surface area contributed by atoms with E-state index in [2.05, 4.69) is 24.9 Å². The minimum absolute atomic E-state index is 0.0115. The SMILES string of the molecule is Cc1cnc([C@@H](O)[C@H](C)S(=O)(=O)Nc2nnc(-c3ccccc3)n2-c2c(F)cccc2F)nc1. The number of halogens is 2. The van der Waals surface area contributed by atoms with Crippen LogP contribution < -0.4 is 4.72 Å². The van der Waals surface area contributed by atoms with Crippen LogP contribution in [0.2, 0.25) is 0 Å². The number of aryl methyl sites for hydroxylation is 1. The molecule has 2 N–H and O–H groups in total. The molecule has 2 heterocycles. The van der Waals surface area contributed by atoms with E-state index in [1.807, 2.05) is 0 Å². The third-order valence-electron chi connectivity index (χ3n) is 5.09. The van der Waals surface area contributed by atoms with Crippen molar-refractivity contribution in [2.24, 2.45) is 0 Å². The Balaban J connectivity index is 1.77. The van der Waals surface area contributed by atoms with Crippen molar-refractivity contribution in [1.29, 1.82) is 0 Å². The lowest BCUT2D eigenvalue weighted by Crippen LogP contribution is -2.32. The summed E-state index contributed by atoms with van der Waals surface area (Å²) in [6.07, 6.45) is 1.32. The van der Waals surface area contributed by atoms with Crippen LogP contribution in [0.25, 0.3) is 17.1 Å². The number of para-hydroxylation sites is 1. The number of nitrogens with one attached hydrogen (secondary N) is 1. The molecule has 0 fully saturated rings. The van der Waals surface area contributed by atoms with Crippen molar-refractivity contribution >= 4 is 16.0 Å². The number of aromatic nitrogens is 5. The van der Waals surface area contributed by atoms with E-state index in [4.69, 9.17) is 0 Å². The lowest BCUT2D eigenvalue weighted by atomic mass is 10.2. The summed E-state index contributed by atoms with van der Waals surface area (Å²) >= 11 is 0. The standard InChI is InChI=1S/C22H20F2N6O3S/c1-13-11-25-20(26-12-13)19(31)14(2)34(32,33)29-22-28-27-21(15-7-4-3-5-8-15)30(22)18-16(23)9-6-10-17(18)24/h3-12,14,19,31H,1-2H3,(H,28,29)/t14-,19-/m0/s1. The van der Waals surface area contributed by atoms with Gasteiger partial charge in [0.15, 0.2) is 11.6 Å². The van der Waals surface area contributed by atoms with Crippen molar-refractivity contribution in [3.63, 3.8) is 0 Å². The molecule has 0 spiro atoms. The zero-order valence-corrected chi connectivity index (χ0v) is 18.9. The summed E-state index contributed by atoms with van der Waals surface area (Å²) in [5.41, 5.74) is 0.626. The van der Waals surface area contributed by atoms with E-state index in [-0.39, 0.29) is 11.6 Å². The molecular weight excluding hydrogens is 466 g/mol. The number of sulfonamides is 1. The Morgan fingerprint density at radius 1 is 0.971 bits per heavy atom. The zero-order chi connectivity index (χ0) is 24.5. The molecule has 0 aliphatic rings. The van der Waals surface area contributed by atoms with Crippen molar-refractivity contribution < 1.29 is 22.3 Å². The van der Waals surface area contributed by atoms with Crippen LogP contribution in [0.5, 0.6) is 0 Å². The van der Waals surface area contributed by atoms with Gasteiger partial charge in [-0.05, 0) is 31.5 Å².